The van der Waals surface area contributed by atoms with Gasteiger partial charge >= 0.3 is 0 Å². The molecule has 4 heteroatoms. The van der Waals surface area contributed by atoms with Crippen LogP contribution in [0.2, 0.25) is 5.02 Å². The minimum Gasteiger partial charge on any atom is -0.323 e. The summed E-state index contributed by atoms with van der Waals surface area (Å²) >= 11 is 5.74. The van der Waals surface area contributed by atoms with Crippen molar-refractivity contribution >= 4 is 29.3 Å². The molecule has 2 rings (SSSR count). The standard InChI is InChI=1S/C15H11ClFNO/c16-12-4-8-14(9-5-12)18-15(19)10-3-11-1-6-13(17)7-2-11/h1-10H,(H,18,19)/b10-3-. The van der Waals surface area contributed by atoms with Crippen molar-refractivity contribution in [3.05, 3.63) is 71.0 Å². The van der Waals surface area contributed by atoms with Gasteiger partial charge in [0.05, 0.1) is 0 Å². The molecule has 0 spiro atoms. The molecule has 2 nitrogen and oxygen atoms in total. The smallest absolute Gasteiger partial charge is 0.248 e. The van der Waals surface area contributed by atoms with Gasteiger partial charge in [-0.15, -0.1) is 0 Å². The number of anilines is 1. The highest BCUT2D eigenvalue weighted by Crippen LogP contribution is 2.13. The molecule has 2 aromatic rings. The Bertz CT molecular complexity index is 591. The molecule has 0 heterocycles. The van der Waals surface area contributed by atoms with Crippen LogP contribution in [0, 0.1) is 5.82 Å². The van der Waals surface area contributed by atoms with Gasteiger partial charge in [-0.1, -0.05) is 23.7 Å². The molecular formula is C15H11ClFNO. The van der Waals surface area contributed by atoms with Crippen molar-refractivity contribution in [1.29, 1.82) is 0 Å². The first-order chi connectivity index (χ1) is 9.13. The van der Waals surface area contributed by atoms with Crippen LogP contribution in [0.1, 0.15) is 5.56 Å². The van der Waals surface area contributed by atoms with E-state index in [1.54, 1.807) is 42.5 Å². The molecule has 0 unspecified atom stereocenters. The van der Waals surface area contributed by atoms with Gasteiger partial charge in [0.25, 0.3) is 0 Å². The largest absolute Gasteiger partial charge is 0.323 e. The molecule has 96 valence electrons. The molecular weight excluding hydrogens is 265 g/mol. The second-order valence-electron chi connectivity index (χ2n) is 3.88. The zero-order chi connectivity index (χ0) is 13.7. The molecule has 2 aromatic carbocycles. The first kappa shape index (κ1) is 13.3. The summed E-state index contributed by atoms with van der Waals surface area (Å²) in [5.74, 6) is -0.561. The molecule has 0 aliphatic heterocycles. The number of benzene rings is 2. The quantitative estimate of drug-likeness (QED) is 0.839. The summed E-state index contributed by atoms with van der Waals surface area (Å²) < 4.78 is 12.7. The number of carbonyl (C=O) groups is 1. The lowest BCUT2D eigenvalue weighted by molar-refractivity contribution is -0.111. The van der Waals surface area contributed by atoms with Gasteiger partial charge in [0.15, 0.2) is 0 Å². The van der Waals surface area contributed by atoms with Crippen LogP contribution in [0.3, 0.4) is 0 Å². The van der Waals surface area contributed by atoms with Gasteiger partial charge in [-0.05, 0) is 48.0 Å². The van der Waals surface area contributed by atoms with E-state index in [-0.39, 0.29) is 11.7 Å². The van der Waals surface area contributed by atoms with Crippen molar-refractivity contribution in [2.45, 2.75) is 0 Å². The van der Waals surface area contributed by atoms with E-state index in [9.17, 15) is 9.18 Å². The van der Waals surface area contributed by atoms with Gasteiger partial charge in [-0.25, -0.2) is 4.39 Å². The highest BCUT2D eigenvalue weighted by atomic mass is 35.5. The lowest BCUT2D eigenvalue weighted by Gasteiger charge is -2.01. The summed E-state index contributed by atoms with van der Waals surface area (Å²) in [5.41, 5.74) is 1.42. The van der Waals surface area contributed by atoms with Gasteiger partial charge in [-0.3, -0.25) is 4.79 Å². The Kier molecular flexibility index (Phi) is 4.31. The molecule has 0 radical (unpaired) electrons. The fourth-order valence-electron chi connectivity index (χ4n) is 1.46. The molecule has 0 aliphatic carbocycles. The molecule has 1 amide bonds. The molecule has 1 N–H and O–H groups in total. The predicted molar refractivity (Wildman–Crippen MR) is 75.5 cm³/mol. The summed E-state index contributed by atoms with van der Waals surface area (Å²) in [7, 11) is 0. The highest BCUT2D eigenvalue weighted by Gasteiger charge is 1.97. The fourth-order valence-corrected chi connectivity index (χ4v) is 1.59. The maximum absolute atomic E-state index is 12.7. The summed E-state index contributed by atoms with van der Waals surface area (Å²) in [6, 6.07) is 12.7. The SMILES string of the molecule is O=C(/C=C\c1ccc(F)cc1)Nc1ccc(Cl)cc1. The van der Waals surface area contributed by atoms with E-state index in [4.69, 9.17) is 11.6 Å². The number of amides is 1. The molecule has 0 aromatic heterocycles. The summed E-state index contributed by atoms with van der Waals surface area (Å²) in [5, 5.41) is 3.30. The highest BCUT2D eigenvalue weighted by molar-refractivity contribution is 6.30. The molecule has 0 bridgehead atoms. The van der Waals surface area contributed by atoms with Gasteiger partial charge < -0.3 is 5.32 Å². The molecule has 19 heavy (non-hydrogen) atoms. The van der Waals surface area contributed by atoms with Crippen molar-refractivity contribution in [1.82, 2.24) is 0 Å². The van der Waals surface area contributed by atoms with Gasteiger partial charge in [0.1, 0.15) is 5.82 Å². The third kappa shape index (κ3) is 4.23. The van der Waals surface area contributed by atoms with Gasteiger partial charge in [0.2, 0.25) is 5.91 Å². The predicted octanol–water partition coefficient (Wildman–Crippen LogP) is 4.13. The van der Waals surface area contributed by atoms with E-state index in [1.807, 2.05) is 0 Å². The lowest BCUT2D eigenvalue weighted by atomic mass is 10.2. The molecule has 0 atom stereocenters. The Hall–Kier alpha value is -2.13. The van der Waals surface area contributed by atoms with Crippen LogP contribution in [0.5, 0.6) is 0 Å². The van der Waals surface area contributed by atoms with Crippen molar-refractivity contribution in [2.24, 2.45) is 0 Å². The van der Waals surface area contributed by atoms with E-state index in [0.29, 0.717) is 10.7 Å². The first-order valence-corrected chi connectivity index (χ1v) is 6.01. The van der Waals surface area contributed by atoms with E-state index < -0.39 is 0 Å². The Morgan fingerprint density at radius 2 is 1.68 bits per heavy atom. The van der Waals surface area contributed by atoms with Crippen LogP contribution in [0.4, 0.5) is 10.1 Å². The number of nitrogens with one attached hydrogen (secondary N) is 1. The van der Waals surface area contributed by atoms with E-state index in [2.05, 4.69) is 5.32 Å². The van der Waals surface area contributed by atoms with Crippen LogP contribution in [0.15, 0.2) is 54.6 Å². The number of carbonyl (C=O) groups excluding carboxylic acids is 1. The average Bonchev–Trinajstić information content (AvgIpc) is 2.41. The van der Waals surface area contributed by atoms with Crippen molar-refractivity contribution < 1.29 is 9.18 Å². The molecule has 0 aliphatic rings. The van der Waals surface area contributed by atoms with Gasteiger partial charge in [-0.2, -0.15) is 0 Å². The third-order valence-corrected chi connectivity index (χ3v) is 2.66. The Morgan fingerprint density at radius 1 is 1.05 bits per heavy atom. The molecule has 0 saturated carbocycles. The average molecular weight is 276 g/mol. The maximum atomic E-state index is 12.7. The monoisotopic (exact) mass is 275 g/mol. The van der Waals surface area contributed by atoms with Crippen LogP contribution in [-0.2, 0) is 4.79 Å². The number of halogens is 2. The van der Waals surface area contributed by atoms with E-state index >= 15 is 0 Å². The maximum Gasteiger partial charge on any atom is 0.248 e. The summed E-state index contributed by atoms with van der Waals surface area (Å²) in [6.07, 6.45) is 3.01. The third-order valence-electron chi connectivity index (χ3n) is 2.41. The van der Waals surface area contributed by atoms with E-state index in [1.165, 1.54) is 18.2 Å². The fraction of sp³-hybridized carbons (Fsp3) is 0. The molecule has 0 saturated heterocycles. The second kappa shape index (κ2) is 6.16. The Balaban J connectivity index is 1.97. The van der Waals surface area contributed by atoms with Gasteiger partial charge in [0, 0.05) is 16.8 Å². The van der Waals surface area contributed by atoms with Crippen molar-refractivity contribution in [2.75, 3.05) is 5.32 Å². The van der Waals surface area contributed by atoms with Crippen LogP contribution in [-0.4, -0.2) is 5.91 Å². The number of hydrogen-bond acceptors (Lipinski definition) is 1. The zero-order valence-electron chi connectivity index (χ0n) is 9.94. The zero-order valence-corrected chi connectivity index (χ0v) is 10.7. The normalized spacial score (nSPS) is 10.6. The van der Waals surface area contributed by atoms with Crippen LogP contribution < -0.4 is 5.32 Å². The first-order valence-electron chi connectivity index (χ1n) is 5.64. The summed E-state index contributed by atoms with van der Waals surface area (Å²) in [6.45, 7) is 0. The van der Waals surface area contributed by atoms with Crippen LogP contribution >= 0.6 is 11.6 Å². The minimum absolute atomic E-state index is 0.258. The molecule has 0 fully saturated rings. The van der Waals surface area contributed by atoms with Crippen molar-refractivity contribution in [3.63, 3.8) is 0 Å². The van der Waals surface area contributed by atoms with Crippen molar-refractivity contribution in [3.8, 4) is 0 Å². The Morgan fingerprint density at radius 3 is 2.32 bits per heavy atom. The lowest BCUT2D eigenvalue weighted by Crippen LogP contribution is -2.07. The van der Waals surface area contributed by atoms with Crippen LogP contribution in [0.25, 0.3) is 6.08 Å². The minimum atomic E-state index is -0.303. The van der Waals surface area contributed by atoms with E-state index in [0.717, 1.165) is 5.56 Å². The number of rotatable bonds is 3. The summed E-state index contributed by atoms with van der Waals surface area (Å²) in [4.78, 5) is 11.6. The second-order valence-corrected chi connectivity index (χ2v) is 4.32. The topological polar surface area (TPSA) is 29.1 Å². The number of hydrogen-bond donors (Lipinski definition) is 1. The Labute approximate surface area is 115 Å².